The number of carbonyl (C=O) groups excluding carboxylic acids is 1. The van der Waals surface area contributed by atoms with Gasteiger partial charge in [-0.05, 0) is 37.6 Å². The van der Waals surface area contributed by atoms with E-state index in [1.165, 1.54) is 11.1 Å². The number of methoxy groups -OCH3 is 1. The Morgan fingerprint density at radius 1 is 1.20 bits per heavy atom. The Balaban J connectivity index is 1.79. The second kappa shape index (κ2) is 7.46. The smallest absolute Gasteiger partial charge is 0.244 e. The van der Waals surface area contributed by atoms with Gasteiger partial charge in [0, 0.05) is 24.7 Å². The summed E-state index contributed by atoms with van der Waals surface area (Å²) in [6.45, 7) is 6.24. The number of hydrogen-bond donors (Lipinski definition) is 0. The topological polar surface area (TPSA) is 32.8 Å². The highest BCUT2D eigenvalue weighted by Crippen LogP contribution is 2.33. The number of rotatable bonds is 4. The van der Waals surface area contributed by atoms with E-state index in [0.717, 1.165) is 18.8 Å². The van der Waals surface area contributed by atoms with Crippen LogP contribution in [0.1, 0.15) is 18.1 Å². The first-order valence-electron chi connectivity index (χ1n) is 8.44. The Kier molecular flexibility index (Phi) is 5.30. The Hall–Kier alpha value is -2.04. The number of nitrogens with zero attached hydrogens (tertiary/aromatic N) is 2. The van der Waals surface area contributed by atoms with E-state index in [-0.39, 0.29) is 11.9 Å². The van der Waals surface area contributed by atoms with Gasteiger partial charge in [-0.1, -0.05) is 41.4 Å². The van der Waals surface area contributed by atoms with Gasteiger partial charge >= 0.3 is 0 Å². The van der Waals surface area contributed by atoms with Crippen LogP contribution in [0.3, 0.4) is 0 Å². The van der Waals surface area contributed by atoms with Gasteiger partial charge in [0.25, 0.3) is 0 Å². The highest BCUT2D eigenvalue weighted by Gasteiger charge is 2.33. The highest BCUT2D eigenvalue weighted by molar-refractivity contribution is 6.31. The molecule has 0 saturated carbocycles. The molecule has 1 heterocycles. The number of amides is 1. The molecule has 1 amide bonds. The van der Waals surface area contributed by atoms with Crippen LogP contribution in [-0.4, -0.2) is 37.0 Å². The number of halogens is 1. The van der Waals surface area contributed by atoms with Crippen LogP contribution in [0, 0.1) is 6.92 Å². The van der Waals surface area contributed by atoms with Crippen molar-refractivity contribution < 1.29 is 9.53 Å². The summed E-state index contributed by atoms with van der Waals surface area (Å²) in [5.74, 6) is 0.733. The Morgan fingerprint density at radius 2 is 2.00 bits per heavy atom. The van der Waals surface area contributed by atoms with E-state index in [2.05, 4.69) is 36.1 Å². The van der Waals surface area contributed by atoms with Gasteiger partial charge in [0.2, 0.25) is 5.91 Å². The summed E-state index contributed by atoms with van der Waals surface area (Å²) in [4.78, 5) is 17.0. The molecule has 132 valence electrons. The minimum atomic E-state index is -0.196. The molecule has 0 radical (unpaired) electrons. The molecular weight excluding hydrogens is 336 g/mol. The van der Waals surface area contributed by atoms with Crippen molar-refractivity contribution in [3.8, 4) is 5.75 Å². The number of benzene rings is 2. The number of ether oxygens (including phenoxy) is 1. The molecule has 0 N–H and O–H groups in total. The van der Waals surface area contributed by atoms with Gasteiger partial charge in [-0.2, -0.15) is 0 Å². The normalized spacial score (nSPS) is 18.5. The first-order valence-corrected chi connectivity index (χ1v) is 8.82. The summed E-state index contributed by atoms with van der Waals surface area (Å²) in [6, 6.07) is 13.6. The summed E-state index contributed by atoms with van der Waals surface area (Å²) >= 11 is 6.12. The maximum Gasteiger partial charge on any atom is 0.244 e. The lowest BCUT2D eigenvalue weighted by Crippen LogP contribution is -2.55. The fraction of sp³-hybridized carbons (Fsp3) is 0.350. The molecule has 0 bridgehead atoms. The molecule has 1 aliphatic rings. The summed E-state index contributed by atoms with van der Waals surface area (Å²) in [5.41, 5.74) is 3.20. The van der Waals surface area contributed by atoms with Crippen LogP contribution < -0.4 is 9.64 Å². The summed E-state index contributed by atoms with van der Waals surface area (Å²) in [7, 11) is 1.61. The van der Waals surface area contributed by atoms with Gasteiger partial charge in [-0.25, -0.2) is 0 Å². The molecular formula is C20H23ClN2O2. The third-order valence-electron chi connectivity index (χ3n) is 4.68. The maximum absolute atomic E-state index is 13.0. The zero-order valence-corrected chi connectivity index (χ0v) is 15.6. The Labute approximate surface area is 154 Å². The van der Waals surface area contributed by atoms with Crippen molar-refractivity contribution in [2.45, 2.75) is 26.4 Å². The summed E-state index contributed by atoms with van der Waals surface area (Å²) < 4.78 is 5.41. The van der Waals surface area contributed by atoms with Crippen molar-refractivity contribution in [2.75, 3.05) is 25.1 Å². The van der Waals surface area contributed by atoms with Gasteiger partial charge in [0.1, 0.15) is 5.75 Å². The van der Waals surface area contributed by atoms with Gasteiger partial charge in [-0.3, -0.25) is 9.69 Å². The van der Waals surface area contributed by atoms with Crippen LogP contribution in [0.5, 0.6) is 5.75 Å². The molecule has 1 saturated heterocycles. The lowest BCUT2D eigenvalue weighted by atomic mass is 10.1. The fourth-order valence-electron chi connectivity index (χ4n) is 3.29. The third kappa shape index (κ3) is 3.80. The molecule has 25 heavy (non-hydrogen) atoms. The van der Waals surface area contributed by atoms with Crippen LogP contribution in [0.15, 0.2) is 42.5 Å². The fourth-order valence-corrected chi connectivity index (χ4v) is 3.45. The number of anilines is 1. The molecule has 0 aliphatic carbocycles. The number of aryl methyl sites for hydroxylation is 1. The van der Waals surface area contributed by atoms with Gasteiger partial charge in [-0.15, -0.1) is 0 Å². The van der Waals surface area contributed by atoms with E-state index in [4.69, 9.17) is 16.3 Å². The molecule has 1 fully saturated rings. The zero-order valence-electron chi connectivity index (χ0n) is 14.8. The molecule has 2 aromatic rings. The molecule has 2 aromatic carbocycles. The van der Waals surface area contributed by atoms with Crippen LogP contribution >= 0.6 is 11.6 Å². The van der Waals surface area contributed by atoms with Crippen molar-refractivity contribution in [1.82, 2.24) is 4.90 Å². The average Bonchev–Trinajstić information content (AvgIpc) is 2.59. The predicted molar refractivity (Wildman–Crippen MR) is 101 cm³/mol. The minimum absolute atomic E-state index is 0.0690. The lowest BCUT2D eigenvalue weighted by molar-refractivity contribution is -0.125. The Morgan fingerprint density at radius 3 is 2.72 bits per heavy atom. The van der Waals surface area contributed by atoms with Crippen LogP contribution in [-0.2, 0) is 11.3 Å². The maximum atomic E-state index is 13.0. The standard InChI is InChI=1S/C20H23ClN2O2/c1-14-5-4-6-16(11-14)13-22-9-10-23(20(24)15(22)2)18-12-17(21)7-8-19(18)25-3/h4-8,11-12,15H,9-10,13H2,1-3H3/t15-/m0/s1. The summed E-state index contributed by atoms with van der Waals surface area (Å²) in [5, 5.41) is 0.596. The first-order chi connectivity index (χ1) is 12.0. The summed E-state index contributed by atoms with van der Waals surface area (Å²) in [6.07, 6.45) is 0. The average molecular weight is 359 g/mol. The van der Waals surface area contributed by atoms with Crippen LogP contribution in [0.25, 0.3) is 0 Å². The Bertz CT molecular complexity index is 778. The predicted octanol–water partition coefficient (Wildman–Crippen LogP) is 3.89. The number of carbonyl (C=O) groups is 1. The van der Waals surface area contributed by atoms with Crippen LogP contribution in [0.4, 0.5) is 5.69 Å². The molecule has 1 aliphatic heterocycles. The molecule has 3 rings (SSSR count). The van der Waals surface area contributed by atoms with E-state index >= 15 is 0 Å². The van der Waals surface area contributed by atoms with Crippen molar-refractivity contribution in [3.05, 3.63) is 58.6 Å². The van der Waals surface area contributed by atoms with E-state index in [1.54, 1.807) is 30.2 Å². The van der Waals surface area contributed by atoms with E-state index < -0.39 is 0 Å². The molecule has 0 unspecified atom stereocenters. The molecule has 1 atom stereocenters. The van der Waals surface area contributed by atoms with Crippen molar-refractivity contribution >= 4 is 23.2 Å². The zero-order chi connectivity index (χ0) is 18.0. The number of piperazine rings is 1. The van der Waals surface area contributed by atoms with Gasteiger partial charge in [0.15, 0.2) is 0 Å². The lowest BCUT2D eigenvalue weighted by Gasteiger charge is -2.39. The van der Waals surface area contributed by atoms with Crippen molar-refractivity contribution in [3.63, 3.8) is 0 Å². The van der Waals surface area contributed by atoms with Crippen molar-refractivity contribution in [1.29, 1.82) is 0 Å². The van der Waals surface area contributed by atoms with Gasteiger partial charge in [0.05, 0.1) is 18.8 Å². The second-order valence-electron chi connectivity index (χ2n) is 6.44. The molecule has 5 heteroatoms. The van der Waals surface area contributed by atoms with E-state index in [9.17, 15) is 4.79 Å². The molecule has 4 nitrogen and oxygen atoms in total. The minimum Gasteiger partial charge on any atom is -0.495 e. The largest absolute Gasteiger partial charge is 0.495 e. The monoisotopic (exact) mass is 358 g/mol. The van der Waals surface area contributed by atoms with Gasteiger partial charge < -0.3 is 9.64 Å². The van der Waals surface area contributed by atoms with Crippen molar-refractivity contribution in [2.24, 2.45) is 0 Å². The molecule has 0 spiro atoms. The highest BCUT2D eigenvalue weighted by atomic mass is 35.5. The van der Waals surface area contributed by atoms with E-state index in [1.807, 2.05) is 6.92 Å². The first kappa shape index (κ1) is 17.8. The van der Waals surface area contributed by atoms with Crippen LogP contribution in [0.2, 0.25) is 5.02 Å². The third-order valence-corrected chi connectivity index (χ3v) is 4.92. The van der Waals surface area contributed by atoms with E-state index in [0.29, 0.717) is 17.3 Å². The number of hydrogen-bond acceptors (Lipinski definition) is 3. The SMILES string of the molecule is COc1ccc(Cl)cc1N1CCN(Cc2cccc(C)c2)[C@@H](C)C1=O. The quantitative estimate of drug-likeness (QED) is 0.831. The second-order valence-corrected chi connectivity index (χ2v) is 6.88. The molecule has 0 aromatic heterocycles.